The summed E-state index contributed by atoms with van der Waals surface area (Å²) in [6.07, 6.45) is 5.99. The molecule has 1 heterocycles. The van der Waals surface area contributed by atoms with Crippen LogP contribution in [0.5, 0.6) is 0 Å². The molecule has 130 valence electrons. The van der Waals surface area contributed by atoms with Gasteiger partial charge in [-0.05, 0) is 25.0 Å². The van der Waals surface area contributed by atoms with Gasteiger partial charge in [-0.2, -0.15) is 5.43 Å². The number of nitro benzene ring substituents is 1. The number of aliphatic hydroxyl groups is 1. The van der Waals surface area contributed by atoms with E-state index in [0.717, 1.165) is 32.2 Å². The van der Waals surface area contributed by atoms with Crippen molar-refractivity contribution in [2.45, 2.75) is 50.7 Å². The number of nitrogens with one attached hydrogen (secondary N) is 1. The van der Waals surface area contributed by atoms with Crippen LogP contribution in [0.4, 0.5) is 5.69 Å². The van der Waals surface area contributed by atoms with Gasteiger partial charge in [0, 0.05) is 37.0 Å². The smallest absolute Gasteiger partial charge is 0.295 e. The zero-order valence-electron chi connectivity index (χ0n) is 13.7. The van der Waals surface area contributed by atoms with Crippen LogP contribution in [0.25, 0.3) is 0 Å². The lowest BCUT2D eigenvalue weighted by molar-refractivity contribution is -0.974. The van der Waals surface area contributed by atoms with Gasteiger partial charge in [0.25, 0.3) is 11.6 Å². The predicted octanol–water partition coefficient (Wildman–Crippen LogP) is 2.15. The van der Waals surface area contributed by atoms with Crippen LogP contribution in [0.1, 0.15) is 48.9 Å². The number of carbonyl (C=O) groups excluding carboxylic acids is 1. The Morgan fingerprint density at radius 3 is 2.38 bits per heavy atom. The zero-order valence-corrected chi connectivity index (χ0v) is 13.7. The minimum Gasteiger partial charge on any atom is -0.387 e. The summed E-state index contributed by atoms with van der Waals surface area (Å²) in [4.78, 5) is 22.9. The second-order valence-electron chi connectivity index (χ2n) is 6.92. The number of nitro groups is 1. The van der Waals surface area contributed by atoms with Crippen molar-refractivity contribution < 1.29 is 19.4 Å². The molecule has 0 bridgehead atoms. The van der Waals surface area contributed by atoms with Crippen LogP contribution >= 0.6 is 0 Å². The van der Waals surface area contributed by atoms with E-state index in [0.29, 0.717) is 29.2 Å². The number of nitrogens with zero attached hydrogens (tertiary/aromatic N) is 2. The summed E-state index contributed by atoms with van der Waals surface area (Å²) in [5.74, 6) is -0.232. The monoisotopic (exact) mass is 334 g/mol. The van der Waals surface area contributed by atoms with E-state index >= 15 is 0 Å². The molecule has 1 saturated carbocycles. The number of likely N-dealkylation sites (tertiary alicyclic amines) is 1. The molecule has 24 heavy (non-hydrogen) atoms. The second-order valence-corrected chi connectivity index (χ2v) is 6.92. The molecule has 3 rings (SSSR count). The lowest BCUT2D eigenvalue weighted by atomic mass is 9.93. The standard InChI is InChI=1S/C17H23N3O4/c21-16-10-11-20(12-16,15-4-2-1-3-5-15)18-17(22)13-6-8-14(9-7-13)19(23)24/h6-9,15-16,21H,1-5,10-12H2/p+1. The Hall–Kier alpha value is -1.99. The first-order chi connectivity index (χ1) is 11.5. The van der Waals surface area contributed by atoms with Gasteiger partial charge in [0.2, 0.25) is 0 Å². The van der Waals surface area contributed by atoms with Crippen molar-refractivity contribution in [1.82, 2.24) is 5.43 Å². The Bertz CT molecular complexity index is 613. The summed E-state index contributed by atoms with van der Waals surface area (Å²) in [5.41, 5.74) is 3.51. The minimum absolute atomic E-state index is 0.0284. The third-order valence-corrected chi connectivity index (χ3v) is 5.34. The fourth-order valence-corrected chi connectivity index (χ4v) is 4.04. The predicted molar refractivity (Wildman–Crippen MR) is 88.1 cm³/mol. The van der Waals surface area contributed by atoms with Crippen LogP contribution in [0.15, 0.2) is 24.3 Å². The minimum atomic E-state index is -0.478. The van der Waals surface area contributed by atoms with Crippen molar-refractivity contribution in [1.29, 1.82) is 0 Å². The largest absolute Gasteiger partial charge is 0.387 e. The highest BCUT2D eigenvalue weighted by Gasteiger charge is 2.46. The van der Waals surface area contributed by atoms with Crippen molar-refractivity contribution >= 4 is 11.6 Å². The molecule has 7 heteroatoms. The molecular formula is C17H24N3O4+. The number of quaternary nitrogens is 1. The second kappa shape index (κ2) is 6.86. The molecule has 0 spiro atoms. The first-order valence-corrected chi connectivity index (χ1v) is 8.62. The van der Waals surface area contributed by atoms with E-state index in [1.807, 2.05) is 0 Å². The molecular weight excluding hydrogens is 310 g/mol. The van der Waals surface area contributed by atoms with Crippen molar-refractivity contribution in [3.05, 3.63) is 39.9 Å². The summed E-state index contributed by atoms with van der Waals surface area (Å²) in [7, 11) is 0. The lowest BCUT2D eigenvalue weighted by Crippen LogP contribution is -2.64. The van der Waals surface area contributed by atoms with E-state index in [4.69, 9.17) is 0 Å². The molecule has 2 atom stereocenters. The van der Waals surface area contributed by atoms with E-state index in [2.05, 4.69) is 5.43 Å². The number of non-ortho nitro benzene ring substituents is 1. The van der Waals surface area contributed by atoms with Crippen LogP contribution in [0, 0.1) is 10.1 Å². The van der Waals surface area contributed by atoms with Crippen LogP contribution in [0.3, 0.4) is 0 Å². The fourth-order valence-electron chi connectivity index (χ4n) is 4.04. The summed E-state index contributed by atoms with van der Waals surface area (Å²) in [5, 5.41) is 20.8. The molecule has 1 amide bonds. The summed E-state index contributed by atoms with van der Waals surface area (Å²) < 4.78 is 0.441. The number of hydrogen-bond donors (Lipinski definition) is 2. The van der Waals surface area contributed by atoms with Crippen molar-refractivity contribution in [3.63, 3.8) is 0 Å². The Morgan fingerprint density at radius 1 is 1.17 bits per heavy atom. The molecule has 0 radical (unpaired) electrons. The topological polar surface area (TPSA) is 92.5 Å². The van der Waals surface area contributed by atoms with Gasteiger partial charge in [0.1, 0.15) is 25.2 Å². The van der Waals surface area contributed by atoms with Gasteiger partial charge in [0.15, 0.2) is 0 Å². The maximum absolute atomic E-state index is 12.7. The summed E-state index contributed by atoms with van der Waals surface area (Å²) in [6.45, 7) is 1.29. The van der Waals surface area contributed by atoms with E-state index in [1.165, 1.54) is 30.7 Å². The average molecular weight is 334 g/mol. The highest BCUT2D eigenvalue weighted by atomic mass is 16.6. The molecule has 2 fully saturated rings. The van der Waals surface area contributed by atoms with Gasteiger partial charge >= 0.3 is 0 Å². The van der Waals surface area contributed by atoms with Gasteiger partial charge in [-0.1, -0.05) is 6.42 Å². The Labute approximate surface area is 141 Å². The Morgan fingerprint density at radius 2 is 1.83 bits per heavy atom. The van der Waals surface area contributed by atoms with Gasteiger partial charge in [-0.3, -0.25) is 14.9 Å². The first-order valence-electron chi connectivity index (χ1n) is 8.62. The van der Waals surface area contributed by atoms with Crippen molar-refractivity contribution in [2.75, 3.05) is 13.1 Å². The van der Waals surface area contributed by atoms with Crippen molar-refractivity contribution in [2.24, 2.45) is 0 Å². The molecule has 2 unspecified atom stereocenters. The molecule has 2 N–H and O–H groups in total. The lowest BCUT2D eigenvalue weighted by Gasteiger charge is -2.42. The van der Waals surface area contributed by atoms with Crippen LogP contribution < -0.4 is 5.43 Å². The van der Waals surface area contributed by atoms with Crippen LogP contribution in [-0.4, -0.2) is 45.8 Å². The highest BCUT2D eigenvalue weighted by Crippen LogP contribution is 2.31. The van der Waals surface area contributed by atoms with Gasteiger partial charge in [-0.15, -0.1) is 0 Å². The SMILES string of the molecule is O=C(N[N+]1(C2CCCCC2)CCC(O)C1)c1ccc([N+](=O)[O-])cc1. The maximum Gasteiger partial charge on any atom is 0.295 e. The third-order valence-electron chi connectivity index (χ3n) is 5.34. The fraction of sp³-hybridized carbons (Fsp3) is 0.588. The molecule has 1 aliphatic heterocycles. The molecule has 7 nitrogen and oxygen atoms in total. The quantitative estimate of drug-likeness (QED) is 0.501. The van der Waals surface area contributed by atoms with E-state index in [-0.39, 0.29) is 17.7 Å². The molecule has 2 aliphatic rings. The Kier molecular flexibility index (Phi) is 4.82. The summed E-state index contributed by atoms with van der Waals surface area (Å²) >= 11 is 0. The molecule has 1 aliphatic carbocycles. The van der Waals surface area contributed by atoms with Crippen molar-refractivity contribution in [3.8, 4) is 0 Å². The highest BCUT2D eigenvalue weighted by molar-refractivity contribution is 5.93. The normalized spacial score (nSPS) is 27.8. The zero-order chi connectivity index (χ0) is 17.2. The van der Waals surface area contributed by atoms with E-state index in [1.54, 1.807) is 0 Å². The van der Waals surface area contributed by atoms with Gasteiger partial charge in [0.05, 0.1) is 4.92 Å². The number of carbonyl (C=O) groups is 1. The Balaban J connectivity index is 1.77. The van der Waals surface area contributed by atoms with E-state index in [9.17, 15) is 20.0 Å². The number of aliphatic hydroxyl groups excluding tert-OH is 1. The molecule has 1 aromatic rings. The number of rotatable bonds is 4. The van der Waals surface area contributed by atoms with E-state index < -0.39 is 4.92 Å². The summed E-state index contributed by atoms with van der Waals surface area (Å²) in [6, 6.07) is 6.00. The van der Waals surface area contributed by atoms with Gasteiger partial charge < -0.3 is 5.11 Å². The van der Waals surface area contributed by atoms with Crippen LogP contribution in [-0.2, 0) is 0 Å². The van der Waals surface area contributed by atoms with Crippen LogP contribution in [0.2, 0.25) is 0 Å². The first kappa shape index (κ1) is 16.9. The maximum atomic E-state index is 12.7. The molecule has 1 aromatic carbocycles. The number of hydrogen-bond acceptors (Lipinski definition) is 4. The molecule has 1 saturated heterocycles. The number of amides is 1. The average Bonchev–Trinajstić information content (AvgIpc) is 2.97. The number of benzene rings is 1. The third kappa shape index (κ3) is 3.42. The molecule has 0 aromatic heterocycles. The van der Waals surface area contributed by atoms with Gasteiger partial charge in [-0.25, -0.2) is 4.59 Å².